The molecule has 30 heavy (non-hydrogen) atoms. The van der Waals surface area contributed by atoms with Crippen LogP contribution in [0.5, 0.6) is 11.5 Å². The minimum Gasteiger partial charge on any atom is -0.493 e. The van der Waals surface area contributed by atoms with Gasteiger partial charge in [0.15, 0.2) is 17.2 Å². The molecule has 0 unspecified atom stereocenters. The number of benzene rings is 1. The fourth-order valence-electron chi connectivity index (χ4n) is 3.98. The number of aromatic nitrogens is 2. The van der Waals surface area contributed by atoms with Crippen LogP contribution in [-0.2, 0) is 13.0 Å². The first kappa shape index (κ1) is 20.1. The standard InChI is InChI=1S/C21H27N5O4/c1-29-18-8-5-7-16(19(18)30-2)22-21(28)25-12-10-24(11-13-25)20(27)17-14-15-6-3-4-9-26(15)23-17/h5,7-8,14H,3-4,6,9-13H2,1-2H3,(H,22,28). The van der Waals surface area contributed by atoms with Crippen molar-refractivity contribution in [3.8, 4) is 11.5 Å². The molecule has 1 aromatic carbocycles. The van der Waals surface area contributed by atoms with E-state index in [0.717, 1.165) is 31.5 Å². The Morgan fingerprint density at radius 2 is 1.77 bits per heavy atom. The summed E-state index contributed by atoms with van der Waals surface area (Å²) in [5.41, 5.74) is 2.18. The summed E-state index contributed by atoms with van der Waals surface area (Å²) < 4.78 is 12.6. The number of aryl methyl sites for hydroxylation is 2. The molecular formula is C21H27N5O4. The highest BCUT2D eigenvalue weighted by Crippen LogP contribution is 2.34. The Labute approximate surface area is 175 Å². The van der Waals surface area contributed by atoms with E-state index in [0.29, 0.717) is 49.1 Å². The first-order valence-electron chi connectivity index (χ1n) is 10.2. The van der Waals surface area contributed by atoms with Crippen molar-refractivity contribution in [3.63, 3.8) is 0 Å². The maximum absolute atomic E-state index is 12.8. The van der Waals surface area contributed by atoms with Gasteiger partial charge in [-0.25, -0.2) is 4.79 Å². The van der Waals surface area contributed by atoms with E-state index >= 15 is 0 Å². The summed E-state index contributed by atoms with van der Waals surface area (Å²) >= 11 is 0. The molecule has 0 bridgehead atoms. The number of para-hydroxylation sites is 1. The van der Waals surface area contributed by atoms with Crippen LogP contribution in [-0.4, -0.2) is 71.9 Å². The Balaban J connectivity index is 1.36. The maximum Gasteiger partial charge on any atom is 0.322 e. The van der Waals surface area contributed by atoms with E-state index in [1.807, 2.05) is 10.7 Å². The number of urea groups is 1. The Hall–Kier alpha value is -3.23. The maximum atomic E-state index is 12.8. The van der Waals surface area contributed by atoms with E-state index in [4.69, 9.17) is 9.47 Å². The van der Waals surface area contributed by atoms with Gasteiger partial charge in [0.2, 0.25) is 0 Å². The highest BCUT2D eigenvalue weighted by Gasteiger charge is 2.27. The molecule has 1 aromatic heterocycles. The lowest BCUT2D eigenvalue weighted by molar-refractivity contribution is 0.0665. The van der Waals surface area contributed by atoms with Gasteiger partial charge in [0.25, 0.3) is 5.91 Å². The van der Waals surface area contributed by atoms with Crippen LogP contribution in [0.25, 0.3) is 0 Å². The van der Waals surface area contributed by atoms with Gasteiger partial charge in [-0.3, -0.25) is 9.48 Å². The van der Waals surface area contributed by atoms with Gasteiger partial charge in [-0.1, -0.05) is 6.07 Å². The lowest BCUT2D eigenvalue weighted by Crippen LogP contribution is -2.51. The second kappa shape index (κ2) is 8.64. The van der Waals surface area contributed by atoms with Crippen molar-refractivity contribution in [2.45, 2.75) is 25.8 Å². The van der Waals surface area contributed by atoms with E-state index in [-0.39, 0.29) is 11.9 Å². The molecule has 160 valence electrons. The third kappa shape index (κ3) is 3.92. The summed E-state index contributed by atoms with van der Waals surface area (Å²) in [6.07, 6.45) is 3.22. The number of nitrogens with one attached hydrogen (secondary N) is 1. The number of amides is 3. The topological polar surface area (TPSA) is 88.9 Å². The summed E-state index contributed by atoms with van der Waals surface area (Å²) in [6.45, 7) is 2.74. The van der Waals surface area contributed by atoms with Crippen LogP contribution in [0.2, 0.25) is 0 Å². The molecule has 1 saturated heterocycles. The fraction of sp³-hybridized carbons (Fsp3) is 0.476. The van der Waals surface area contributed by atoms with Crippen LogP contribution < -0.4 is 14.8 Å². The molecule has 3 heterocycles. The first-order chi connectivity index (χ1) is 14.6. The summed E-state index contributed by atoms with van der Waals surface area (Å²) in [5, 5.41) is 7.36. The molecule has 0 spiro atoms. The fourth-order valence-corrected chi connectivity index (χ4v) is 3.98. The molecule has 1 fully saturated rings. The summed E-state index contributed by atoms with van der Waals surface area (Å²) in [6, 6.07) is 7.01. The van der Waals surface area contributed by atoms with Crippen molar-refractivity contribution in [2.24, 2.45) is 0 Å². The molecule has 3 amide bonds. The van der Waals surface area contributed by atoms with E-state index in [1.165, 1.54) is 7.11 Å². The average molecular weight is 413 g/mol. The average Bonchev–Trinajstić information content (AvgIpc) is 3.22. The smallest absolute Gasteiger partial charge is 0.322 e. The minimum absolute atomic E-state index is 0.0635. The number of hydrogen-bond acceptors (Lipinski definition) is 5. The van der Waals surface area contributed by atoms with Gasteiger partial charge in [-0.2, -0.15) is 5.10 Å². The van der Waals surface area contributed by atoms with Crippen LogP contribution in [0, 0.1) is 0 Å². The van der Waals surface area contributed by atoms with Gasteiger partial charge in [-0.05, 0) is 37.5 Å². The second-order valence-electron chi connectivity index (χ2n) is 7.45. The minimum atomic E-state index is -0.230. The molecule has 2 aromatic rings. The number of fused-ring (bicyclic) bond motifs is 1. The Kier molecular flexibility index (Phi) is 5.78. The summed E-state index contributed by atoms with van der Waals surface area (Å²) in [5.74, 6) is 0.964. The Morgan fingerprint density at radius 3 is 2.47 bits per heavy atom. The number of anilines is 1. The SMILES string of the molecule is COc1cccc(NC(=O)N2CCN(C(=O)c3cc4n(n3)CCCC4)CC2)c1OC. The molecule has 0 atom stereocenters. The van der Waals surface area contributed by atoms with Crippen molar-refractivity contribution >= 4 is 17.6 Å². The first-order valence-corrected chi connectivity index (χ1v) is 10.2. The van der Waals surface area contributed by atoms with Gasteiger partial charge in [0.1, 0.15) is 0 Å². The van der Waals surface area contributed by atoms with Gasteiger partial charge in [0.05, 0.1) is 19.9 Å². The van der Waals surface area contributed by atoms with Gasteiger partial charge < -0.3 is 24.6 Å². The number of rotatable bonds is 4. The number of ether oxygens (including phenoxy) is 2. The predicted octanol–water partition coefficient (Wildman–Crippen LogP) is 2.23. The van der Waals surface area contributed by atoms with Crippen molar-refractivity contribution in [3.05, 3.63) is 35.7 Å². The molecular weight excluding hydrogens is 386 g/mol. The van der Waals surface area contributed by atoms with Gasteiger partial charge >= 0.3 is 6.03 Å². The highest BCUT2D eigenvalue weighted by atomic mass is 16.5. The van der Waals surface area contributed by atoms with Crippen LogP contribution in [0.1, 0.15) is 29.0 Å². The molecule has 2 aliphatic rings. The third-order valence-electron chi connectivity index (χ3n) is 5.63. The van der Waals surface area contributed by atoms with Crippen molar-refractivity contribution in [2.75, 3.05) is 45.7 Å². The molecule has 0 radical (unpaired) electrons. The second-order valence-corrected chi connectivity index (χ2v) is 7.45. The summed E-state index contributed by atoms with van der Waals surface area (Å²) in [7, 11) is 3.09. The number of piperazine rings is 1. The monoisotopic (exact) mass is 413 g/mol. The van der Waals surface area contributed by atoms with Crippen LogP contribution in [0.15, 0.2) is 24.3 Å². The number of hydrogen-bond donors (Lipinski definition) is 1. The highest BCUT2D eigenvalue weighted by molar-refractivity contribution is 5.94. The summed E-state index contributed by atoms with van der Waals surface area (Å²) in [4.78, 5) is 29.0. The quantitative estimate of drug-likeness (QED) is 0.830. The van der Waals surface area contributed by atoms with Gasteiger partial charge in [-0.15, -0.1) is 0 Å². The number of carbonyl (C=O) groups is 2. The van der Waals surface area contributed by atoms with Crippen LogP contribution >= 0.6 is 0 Å². The van der Waals surface area contributed by atoms with Crippen molar-refractivity contribution in [1.29, 1.82) is 0 Å². The normalized spacial score (nSPS) is 16.1. The molecule has 4 rings (SSSR count). The Morgan fingerprint density at radius 1 is 1.00 bits per heavy atom. The lowest BCUT2D eigenvalue weighted by Gasteiger charge is -2.34. The van der Waals surface area contributed by atoms with E-state index in [9.17, 15) is 9.59 Å². The van der Waals surface area contributed by atoms with E-state index in [1.54, 1.807) is 35.1 Å². The molecule has 1 N–H and O–H groups in total. The van der Waals surface area contributed by atoms with Crippen LogP contribution in [0.4, 0.5) is 10.5 Å². The van der Waals surface area contributed by atoms with E-state index in [2.05, 4.69) is 10.4 Å². The largest absolute Gasteiger partial charge is 0.493 e. The zero-order chi connectivity index (χ0) is 21.1. The lowest BCUT2D eigenvalue weighted by atomic mass is 10.1. The predicted molar refractivity (Wildman–Crippen MR) is 111 cm³/mol. The zero-order valence-corrected chi connectivity index (χ0v) is 17.4. The van der Waals surface area contributed by atoms with Crippen LogP contribution in [0.3, 0.4) is 0 Å². The molecule has 9 nitrogen and oxygen atoms in total. The Bertz CT molecular complexity index is 910. The van der Waals surface area contributed by atoms with Gasteiger partial charge in [0, 0.05) is 38.4 Å². The number of methoxy groups -OCH3 is 2. The molecule has 0 aliphatic carbocycles. The molecule has 9 heteroatoms. The molecule has 0 saturated carbocycles. The number of carbonyl (C=O) groups excluding carboxylic acids is 2. The zero-order valence-electron chi connectivity index (χ0n) is 17.4. The van der Waals surface area contributed by atoms with Crippen molar-refractivity contribution in [1.82, 2.24) is 19.6 Å². The third-order valence-corrected chi connectivity index (χ3v) is 5.63. The number of nitrogens with zero attached hydrogens (tertiary/aromatic N) is 4. The van der Waals surface area contributed by atoms with E-state index < -0.39 is 0 Å². The van der Waals surface area contributed by atoms with Crippen molar-refractivity contribution < 1.29 is 19.1 Å². The molecule has 2 aliphatic heterocycles.